The molecule has 0 saturated carbocycles. The molecule has 0 spiro atoms. The van der Waals surface area contributed by atoms with Gasteiger partial charge in [-0.1, -0.05) is 36.4 Å². The van der Waals surface area contributed by atoms with Gasteiger partial charge in [0, 0.05) is 26.0 Å². The van der Waals surface area contributed by atoms with Crippen molar-refractivity contribution in [1.82, 2.24) is 0 Å². The molecule has 0 amide bonds. The third-order valence-electron chi connectivity index (χ3n) is 5.01. The van der Waals surface area contributed by atoms with Crippen LogP contribution in [0.5, 0.6) is 0 Å². The average Bonchev–Trinajstić information content (AvgIpc) is 2.70. The van der Waals surface area contributed by atoms with Crippen molar-refractivity contribution in [1.29, 1.82) is 0 Å². The summed E-state index contributed by atoms with van der Waals surface area (Å²) >= 11 is 0. The number of allylic oxidation sites excluding steroid dienone is 2. The van der Waals surface area contributed by atoms with Crippen molar-refractivity contribution in [2.45, 2.75) is 64.1 Å². The van der Waals surface area contributed by atoms with Crippen LogP contribution in [0, 0.1) is 0 Å². The average molecular weight is 404 g/mol. The Kier molecular flexibility index (Phi) is 12.6. The summed E-state index contributed by atoms with van der Waals surface area (Å²) in [5.74, 6) is 0.250. The fourth-order valence-electron chi connectivity index (χ4n) is 3.35. The molecule has 1 aromatic rings. The van der Waals surface area contributed by atoms with Gasteiger partial charge in [0.25, 0.3) is 0 Å². The molecule has 1 aliphatic rings. The summed E-state index contributed by atoms with van der Waals surface area (Å²) in [5, 5.41) is 0. The minimum absolute atomic E-state index is 0.250. The first-order valence-corrected chi connectivity index (χ1v) is 11.0. The zero-order valence-corrected chi connectivity index (χ0v) is 17.7. The Balaban J connectivity index is 1.57. The van der Waals surface area contributed by atoms with Crippen molar-refractivity contribution in [2.75, 3.05) is 33.0 Å². The highest BCUT2D eigenvalue weighted by Gasteiger charge is 2.10. The first-order chi connectivity index (χ1) is 14.3. The summed E-state index contributed by atoms with van der Waals surface area (Å²) in [6.07, 6.45) is 12.4. The largest absolute Gasteiger partial charge is 0.379 e. The molecule has 1 aliphatic carbocycles. The molecule has 0 heterocycles. The Hall–Kier alpha value is -1.53. The predicted octanol–water partition coefficient (Wildman–Crippen LogP) is 3.98. The highest BCUT2D eigenvalue weighted by Crippen LogP contribution is 2.17. The number of carbonyl (C=O) groups excluding carboxylic acids is 1. The Labute approximate surface area is 175 Å². The standard InChI is InChI=1S/C24H37NO4/c25-14-16-28-18-17-27-15-6-7-23(26)19-21-10-12-22(13-11-21)20-29-24-8-4-2-1-3-5-9-24/h1-2,10-13,24H,3-9,14-20,25H2/b2-1+. The van der Waals surface area contributed by atoms with Gasteiger partial charge in [-0.15, -0.1) is 0 Å². The van der Waals surface area contributed by atoms with Gasteiger partial charge in [0.2, 0.25) is 0 Å². The van der Waals surface area contributed by atoms with Crippen LogP contribution in [0.4, 0.5) is 0 Å². The van der Waals surface area contributed by atoms with Gasteiger partial charge in [-0.2, -0.15) is 0 Å². The molecule has 1 aromatic carbocycles. The lowest BCUT2D eigenvalue weighted by Gasteiger charge is -2.18. The fourth-order valence-corrected chi connectivity index (χ4v) is 3.35. The summed E-state index contributed by atoms with van der Waals surface area (Å²) in [6.45, 7) is 3.43. The second-order valence-corrected chi connectivity index (χ2v) is 7.56. The summed E-state index contributed by atoms with van der Waals surface area (Å²) in [4.78, 5) is 12.1. The maximum absolute atomic E-state index is 12.1. The number of rotatable bonds is 14. The van der Waals surface area contributed by atoms with E-state index in [2.05, 4.69) is 24.3 Å². The minimum Gasteiger partial charge on any atom is -0.379 e. The summed E-state index contributed by atoms with van der Waals surface area (Å²) in [7, 11) is 0. The van der Waals surface area contributed by atoms with E-state index in [1.807, 2.05) is 12.1 Å². The first-order valence-electron chi connectivity index (χ1n) is 11.0. The van der Waals surface area contributed by atoms with Gasteiger partial charge in [0.15, 0.2) is 0 Å². The SMILES string of the molecule is NCCOCCOCCCC(=O)Cc1ccc(COC2CC/C=C/CCC2)cc1. The van der Waals surface area contributed by atoms with Crippen LogP contribution < -0.4 is 5.73 Å². The van der Waals surface area contributed by atoms with E-state index < -0.39 is 0 Å². The Bertz CT molecular complexity index is 585. The maximum atomic E-state index is 12.1. The van der Waals surface area contributed by atoms with Crippen molar-refractivity contribution in [3.05, 3.63) is 47.5 Å². The van der Waals surface area contributed by atoms with Crippen LogP contribution in [0.1, 0.15) is 56.1 Å². The van der Waals surface area contributed by atoms with E-state index in [4.69, 9.17) is 19.9 Å². The second kappa shape index (κ2) is 15.3. The van der Waals surface area contributed by atoms with Crippen molar-refractivity contribution in [3.63, 3.8) is 0 Å². The first kappa shape index (κ1) is 23.7. The molecule has 1 atom stereocenters. The van der Waals surface area contributed by atoms with Crippen LogP contribution in [0.3, 0.4) is 0 Å². The Morgan fingerprint density at radius 3 is 2.45 bits per heavy atom. The highest BCUT2D eigenvalue weighted by atomic mass is 16.5. The molecule has 29 heavy (non-hydrogen) atoms. The van der Waals surface area contributed by atoms with Crippen molar-refractivity contribution < 1.29 is 19.0 Å². The lowest BCUT2D eigenvalue weighted by Crippen LogP contribution is -2.13. The molecule has 1 unspecified atom stereocenters. The minimum atomic E-state index is 0.250. The van der Waals surface area contributed by atoms with Crippen molar-refractivity contribution in [2.24, 2.45) is 5.73 Å². The lowest BCUT2D eigenvalue weighted by molar-refractivity contribution is -0.118. The molecule has 5 heteroatoms. The van der Waals surface area contributed by atoms with Gasteiger partial charge in [-0.3, -0.25) is 4.79 Å². The molecule has 0 saturated heterocycles. The van der Waals surface area contributed by atoms with E-state index in [1.54, 1.807) is 0 Å². The number of hydrogen-bond acceptors (Lipinski definition) is 5. The molecule has 0 aliphatic heterocycles. The molecule has 162 valence electrons. The van der Waals surface area contributed by atoms with E-state index >= 15 is 0 Å². The summed E-state index contributed by atoms with van der Waals surface area (Å²) in [5.41, 5.74) is 7.57. The Morgan fingerprint density at radius 1 is 0.931 bits per heavy atom. The van der Waals surface area contributed by atoms with Crippen LogP contribution in [-0.2, 0) is 32.0 Å². The molecule has 2 N–H and O–H groups in total. The van der Waals surface area contributed by atoms with Crippen LogP contribution >= 0.6 is 0 Å². The van der Waals surface area contributed by atoms with E-state index in [0.717, 1.165) is 37.7 Å². The molecular weight excluding hydrogens is 366 g/mol. The van der Waals surface area contributed by atoms with Gasteiger partial charge < -0.3 is 19.9 Å². The highest BCUT2D eigenvalue weighted by molar-refractivity contribution is 5.80. The smallest absolute Gasteiger partial charge is 0.137 e. The molecular formula is C24H37NO4. The fraction of sp³-hybridized carbons (Fsp3) is 0.625. The van der Waals surface area contributed by atoms with Gasteiger partial charge >= 0.3 is 0 Å². The van der Waals surface area contributed by atoms with E-state index in [9.17, 15) is 4.79 Å². The van der Waals surface area contributed by atoms with Gasteiger partial charge in [0.05, 0.1) is 32.5 Å². The van der Waals surface area contributed by atoms with Crippen molar-refractivity contribution >= 4 is 5.78 Å². The molecule has 0 bridgehead atoms. The normalized spacial score (nSPS) is 18.2. The van der Waals surface area contributed by atoms with Crippen LogP contribution in [0.25, 0.3) is 0 Å². The zero-order valence-electron chi connectivity index (χ0n) is 17.7. The second-order valence-electron chi connectivity index (χ2n) is 7.56. The zero-order chi connectivity index (χ0) is 20.6. The number of ketones is 1. The Morgan fingerprint density at radius 2 is 1.66 bits per heavy atom. The molecule has 5 nitrogen and oxygen atoms in total. The van der Waals surface area contributed by atoms with E-state index in [0.29, 0.717) is 58.5 Å². The molecule has 0 radical (unpaired) electrons. The topological polar surface area (TPSA) is 70.8 Å². The van der Waals surface area contributed by atoms with Gasteiger partial charge in [0.1, 0.15) is 5.78 Å². The van der Waals surface area contributed by atoms with Crippen LogP contribution in [0.2, 0.25) is 0 Å². The van der Waals surface area contributed by atoms with Gasteiger partial charge in [-0.05, 0) is 49.7 Å². The van der Waals surface area contributed by atoms with Crippen LogP contribution in [-0.4, -0.2) is 44.9 Å². The number of Topliss-reactive ketones (excluding diaryl/α,β-unsaturated/α-hetero) is 1. The molecule has 0 fully saturated rings. The number of ether oxygens (including phenoxy) is 3. The quantitative estimate of drug-likeness (QED) is 0.376. The number of benzene rings is 1. The maximum Gasteiger partial charge on any atom is 0.137 e. The van der Waals surface area contributed by atoms with Gasteiger partial charge in [-0.25, -0.2) is 0 Å². The van der Waals surface area contributed by atoms with Crippen LogP contribution in [0.15, 0.2) is 36.4 Å². The van der Waals surface area contributed by atoms with Crippen molar-refractivity contribution in [3.8, 4) is 0 Å². The molecule has 0 aromatic heterocycles. The number of nitrogens with two attached hydrogens (primary N) is 1. The predicted molar refractivity (Wildman–Crippen MR) is 116 cm³/mol. The third kappa shape index (κ3) is 11.3. The molecule has 2 rings (SSSR count). The monoisotopic (exact) mass is 403 g/mol. The van der Waals surface area contributed by atoms with E-state index in [1.165, 1.54) is 12.0 Å². The van der Waals surface area contributed by atoms with E-state index in [-0.39, 0.29) is 5.78 Å². The summed E-state index contributed by atoms with van der Waals surface area (Å²) in [6, 6.07) is 8.25. The summed E-state index contributed by atoms with van der Waals surface area (Å²) < 4.78 is 16.8. The lowest BCUT2D eigenvalue weighted by atomic mass is 10.0. The number of hydrogen-bond donors (Lipinski definition) is 1. The third-order valence-corrected chi connectivity index (χ3v) is 5.01. The number of carbonyl (C=O) groups is 1.